The van der Waals surface area contributed by atoms with Gasteiger partial charge in [-0.15, -0.1) is 0 Å². The minimum absolute atomic E-state index is 0.219. The van der Waals surface area contributed by atoms with Crippen LogP contribution in [0.1, 0.15) is 27.2 Å². The van der Waals surface area contributed by atoms with Crippen molar-refractivity contribution in [1.82, 2.24) is 5.32 Å². The number of nitrogens with one attached hydrogen (secondary N) is 1. The highest BCUT2D eigenvalue weighted by Gasteiger charge is 2.32. The molecule has 0 spiro atoms. The number of carbonyl (C=O) groups excluding carboxylic acids is 2. The molecule has 0 bridgehead atoms. The quantitative estimate of drug-likeness (QED) is 0.250. The molecule has 0 radical (unpaired) electrons. The molecule has 0 saturated heterocycles. The summed E-state index contributed by atoms with van der Waals surface area (Å²) in [6.45, 7) is 4.90. The normalized spacial score (nSPS) is 14.6. The number of carbonyl (C=O) groups is 3. The number of carboxylic acid groups (broad SMARTS) is 1. The predicted molar refractivity (Wildman–Crippen MR) is 58.8 cm³/mol. The van der Waals surface area contributed by atoms with Gasteiger partial charge in [0, 0.05) is 6.42 Å². The largest absolute Gasteiger partial charge is 0.481 e. The second-order valence-electron chi connectivity index (χ2n) is 4.55. The average molecular weight is 246 g/mol. The third kappa shape index (κ3) is 6.52. The Labute approximate surface area is 99.3 Å². The summed E-state index contributed by atoms with van der Waals surface area (Å²) < 4.78 is 4.95. The van der Waals surface area contributed by atoms with Crippen LogP contribution in [0.5, 0.6) is 0 Å². The molecule has 2 unspecified atom stereocenters. The highest BCUT2D eigenvalue weighted by atomic mass is 16.6. The Hall–Kier alpha value is -1.63. The van der Waals surface area contributed by atoms with Crippen molar-refractivity contribution in [3.63, 3.8) is 0 Å². The first-order valence-electron chi connectivity index (χ1n) is 5.08. The van der Waals surface area contributed by atoms with Gasteiger partial charge in [0.2, 0.25) is 6.41 Å². The number of rotatable bonds is 6. The molecule has 98 valence electrons. The fourth-order valence-electron chi connectivity index (χ4n) is 1.08. The lowest BCUT2D eigenvalue weighted by Gasteiger charge is -2.23. The van der Waals surface area contributed by atoms with E-state index in [0.717, 1.165) is 0 Å². The summed E-state index contributed by atoms with van der Waals surface area (Å²) in [5.74, 6) is -3.59. The number of ether oxygens (including phenoxy) is 1. The molecule has 0 rings (SSSR count). The van der Waals surface area contributed by atoms with Crippen LogP contribution in [0, 0.1) is 5.92 Å². The molecule has 0 saturated carbocycles. The third-order valence-corrected chi connectivity index (χ3v) is 1.76. The van der Waals surface area contributed by atoms with Gasteiger partial charge in [-0.1, -0.05) is 0 Å². The zero-order valence-electron chi connectivity index (χ0n) is 10.1. The minimum atomic E-state index is -1.39. The van der Waals surface area contributed by atoms with E-state index in [9.17, 15) is 14.4 Å². The molecule has 17 heavy (non-hydrogen) atoms. The van der Waals surface area contributed by atoms with Gasteiger partial charge >= 0.3 is 11.9 Å². The molecule has 0 aliphatic rings. The van der Waals surface area contributed by atoms with E-state index in [-0.39, 0.29) is 6.42 Å². The highest BCUT2D eigenvalue weighted by molar-refractivity contribution is 5.94. The molecule has 0 aromatic carbocycles. The summed E-state index contributed by atoms with van der Waals surface area (Å²) in [6.07, 6.45) is -0.775. The molecular formula is C10H18N2O5. The van der Waals surface area contributed by atoms with Crippen molar-refractivity contribution in [1.29, 1.82) is 0 Å². The maximum atomic E-state index is 11.6. The number of hydrogen-bond acceptors (Lipinski definition) is 5. The first-order chi connectivity index (χ1) is 7.67. The van der Waals surface area contributed by atoms with E-state index in [4.69, 9.17) is 15.6 Å². The number of carboxylic acids is 1. The Morgan fingerprint density at radius 3 is 2.35 bits per heavy atom. The van der Waals surface area contributed by atoms with Crippen LogP contribution in [0.3, 0.4) is 0 Å². The van der Waals surface area contributed by atoms with Crippen LogP contribution in [-0.4, -0.2) is 35.2 Å². The SMILES string of the molecule is CC(C)(C)OC(=O)C(CC(N)NC=O)C(=O)O. The van der Waals surface area contributed by atoms with Crippen LogP contribution in [0.4, 0.5) is 0 Å². The predicted octanol–water partition coefficient (Wildman–Crippen LogP) is -0.550. The summed E-state index contributed by atoms with van der Waals surface area (Å²) >= 11 is 0. The second-order valence-corrected chi connectivity index (χ2v) is 4.55. The zero-order chi connectivity index (χ0) is 13.6. The number of aliphatic carboxylic acids is 1. The van der Waals surface area contributed by atoms with Crippen molar-refractivity contribution in [2.24, 2.45) is 11.7 Å². The third-order valence-electron chi connectivity index (χ3n) is 1.76. The molecule has 7 heteroatoms. The van der Waals surface area contributed by atoms with E-state index in [0.29, 0.717) is 6.41 Å². The van der Waals surface area contributed by atoms with Gasteiger partial charge in [0.05, 0.1) is 6.17 Å². The van der Waals surface area contributed by atoms with Gasteiger partial charge in [0.25, 0.3) is 0 Å². The molecule has 1 amide bonds. The first-order valence-corrected chi connectivity index (χ1v) is 5.08. The fraction of sp³-hybridized carbons (Fsp3) is 0.700. The monoisotopic (exact) mass is 246 g/mol. The molecule has 0 aromatic rings. The van der Waals surface area contributed by atoms with Crippen LogP contribution in [0.2, 0.25) is 0 Å². The summed E-state index contributed by atoms with van der Waals surface area (Å²) in [5.41, 5.74) is 4.64. The number of nitrogens with two attached hydrogens (primary N) is 1. The maximum Gasteiger partial charge on any atom is 0.320 e. The molecule has 0 heterocycles. The van der Waals surface area contributed by atoms with Gasteiger partial charge in [-0.3, -0.25) is 14.4 Å². The van der Waals surface area contributed by atoms with Gasteiger partial charge in [0.1, 0.15) is 5.60 Å². The van der Waals surface area contributed by atoms with E-state index in [2.05, 4.69) is 5.32 Å². The molecule has 0 fully saturated rings. The molecule has 0 aromatic heterocycles. The van der Waals surface area contributed by atoms with Gasteiger partial charge in [-0.2, -0.15) is 0 Å². The lowest BCUT2D eigenvalue weighted by atomic mass is 10.0. The molecule has 0 aliphatic carbocycles. The van der Waals surface area contributed by atoms with Gasteiger partial charge in [-0.05, 0) is 20.8 Å². The van der Waals surface area contributed by atoms with Gasteiger partial charge < -0.3 is 20.9 Å². The van der Waals surface area contributed by atoms with E-state index < -0.39 is 29.6 Å². The minimum Gasteiger partial charge on any atom is -0.481 e. The van der Waals surface area contributed by atoms with Crippen molar-refractivity contribution in [3.8, 4) is 0 Å². The summed E-state index contributed by atoms with van der Waals surface area (Å²) in [5, 5.41) is 11.1. The van der Waals surface area contributed by atoms with Crippen molar-refractivity contribution in [3.05, 3.63) is 0 Å². The van der Waals surface area contributed by atoms with Crippen molar-refractivity contribution in [2.75, 3.05) is 0 Å². The molecular weight excluding hydrogens is 228 g/mol. The van der Waals surface area contributed by atoms with Crippen LogP contribution >= 0.6 is 0 Å². The second kappa shape index (κ2) is 6.19. The van der Waals surface area contributed by atoms with Gasteiger partial charge in [0.15, 0.2) is 5.92 Å². The first kappa shape index (κ1) is 15.4. The topological polar surface area (TPSA) is 119 Å². The van der Waals surface area contributed by atoms with E-state index in [1.165, 1.54) is 0 Å². The Kier molecular flexibility index (Phi) is 5.60. The number of amides is 1. The highest BCUT2D eigenvalue weighted by Crippen LogP contribution is 2.14. The van der Waals surface area contributed by atoms with Gasteiger partial charge in [-0.25, -0.2) is 0 Å². The summed E-state index contributed by atoms with van der Waals surface area (Å²) in [4.78, 5) is 32.6. The van der Waals surface area contributed by atoms with Crippen LogP contribution in [0.25, 0.3) is 0 Å². The molecule has 7 nitrogen and oxygen atoms in total. The number of esters is 1. The Morgan fingerprint density at radius 2 is 2.00 bits per heavy atom. The van der Waals surface area contributed by atoms with Crippen molar-refractivity contribution in [2.45, 2.75) is 39.0 Å². The molecule has 2 atom stereocenters. The van der Waals surface area contributed by atoms with Crippen LogP contribution in [-0.2, 0) is 19.1 Å². The van der Waals surface area contributed by atoms with Crippen molar-refractivity contribution >= 4 is 18.3 Å². The summed E-state index contributed by atoms with van der Waals surface area (Å²) in [6, 6.07) is 0. The standard InChI is InChI=1S/C10H18N2O5/c1-10(2,3)17-9(16)6(8(14)15)4-7(11)12-5-13/h5-7H,4,11H2,1-3H3,(H,12,13)(H,14,15). The van der Waals surface area contributed by atoms with E-state index in [1.807, 2.05) is 0 Å². The molecule has 4 N–H and O–H groups in total. The van der Waals surface area contributed by atoms with E-state index in [1.54, 1.807) is 20.8 Å². The van der Waals surface area contributed by atoms with E-state index >= 15 is 0 Å². The smallest absolute Gasteiger partial charge is 0.320 e. The average Bonchev–Trinajstić information content (AvgIpc) is 2.11. The Bertz CT molecular complexity index is 298. The zero-order valence-corrected chi connectivity index (χ0v) is 10.1. The number of hydrogen-bond donors (Lipinski definition) is 3. The van der Waals surface area contributed by atoms with Crippen molar-refractivity contribution < 1.29 is 24.2 Å². The van der Waals surface area contributed by atoms with Crippen LogP contribution in [0.15, 0.2) is 0 Å². The lowest BCUT2D eigenvalue weighted by molar-refractivity contribution is -0.167. The Morgan fingerprint density at radius 1 is 1.47 bits per heavy atom. The summed E-state index contributed by atoms with van der Waals surface area (Å²) in [7, 11) is 0. The molecule has 0 aliphatic heterocycles. The fourth-order valence-corrected chi connectivity index (χ4v) is 1.08. The van der Waals surface area contributed by atoms with Crippen LogP contribution < -0.4 is 11.1 Å². The maximum absolute atomic E-state index is 11.6. The Balaban J connectivity index is 4.58. The lowest BCUT2D eigenvalue weighted by Crippen LogP contribution is -2.42.